The predicted octanol–water partition coefficient (Wildman–Crippen LogP) is -5.89. The Kier molecular flexibility index (Phi) is 23.9. The zero-order valence-corrected chi connectivity index (χ0v) is 18.3. The third-order valence-corrected chi connectivity index (χ3v) is 3.08. The van der Waals surface area contributed by atoms with E-state index >= 15 is 0 Å². The molecule has 0 aromatic rings. The van der Waals surface area contributed by atoms with Gasteiger partial charge in [-0.1, -0.05) is 0 Å². The van der Waals surface area contributed by atoms with Crippen LogP contribution in [0.15, 0.2) is 0 Å². The van der Waals surface area contributed by atoms with E-state index in [0.29, 0.717) is 0 Å². The molecular formula is C16H34N6O12. The van der Waals surface area contributed by atoms with Gasteiger partial charge in [0.15, 0.2) is 0 Å². The third kappa shape index (κ3) is 28.6. The van der Waals surface area contributed by atoms with Gasteiger partial charge in [0.25, 0.3) is 0 Å². The summed E-state index contributed by atoms with van der Waals surface area (Å²) in [4.78, 5) is 59.5. The van der Waals surface area contributed by atoms with E-state index in [1.54, 1.807) is 0 Å². The van der Waals surface area contributed by atoms with Gasteiger partial charge in [-0.25, -0.2) is 0 Å². The van der Waals surface area contributed by atoms with Crippen LogP contribution in [0, 0.1) is 0 Å². The van der Waals surface area contributed by atoms with Crippen molar-refractivity contribution in [2.24, 2.45) is 34.4 Å². The van der Waals surface area contributed by atoms with Crippen molar-refractivity contribution in [1.82, 2.24) is 0 Å². The van der Waals surface area contributed by atoms with Gasteiger partial charge >= 0.3 is 23.9 Å². The number of aliphatic carboxylic acids is 4. The summed E-state index contributed by atoms with van der Waals surface area (Å²) in [6.07, 6.45) is -1.17. The SMILES string of the molecule is CC(O)C(N)C(=O)O.NC(=O)CC(N)C(=O)O.NC(=O)CCC(N)C(=O)O.NC(CO)C(=O)O. The van der Waals surface area contributed by atoms with E-state index in [1.165, 1.54) is 6.92 Å². The molecule has 0 aromatic heterocycles. The van der Waals surface area contributed by atoms with Gasteiger partial charge in [0.1, 0.15) is 24.2 Å². The van der Waals surface area contributed by atoms with Crippen molar-refractivity contribution < 1.29 is 59.4 Å². The largest absolute Gasteiger partial charge is 0.480 e. The first-order valence-corrected chi connectivity index (χ1v) is 9.10. The zero-order valence-electron chi connectivity index (χ0n) is 18.3. The number of carboxylic acids is 4. The lowest BCUT2D eigenvalue weighted by Gasteiger charge is -2.06. The number of hydrogen-bond donors (Lipinski definition) is 12. The van der Waals surface area contributed by atoms with Gasteiger partial charge in [0.2, 0.25) is 11.8 Å². The molecule has 0 saturated carbocycles. The summed E-state index contributed by atoms with van der Waals surface area (Å²) in [6.45, 7) is 0.827. The lowest BCUT2D eigenvalue weighted by atomic mass is 10.2. The van der Waals surface area contributed by atoms with Crippen LogP contribution in [0.4, 0.5) is 0 Å². The molecule has 0 fully saturated rings. The molecule has 0 aromatic carbocycles. The van der Waals surface area contributed by atoms with Gasteiger partial charge in [-0.2, -0.15) is 0 Å². The van der Waals surface area contributed by atoms with E-state index in [2.05, 4.69) is 5.73 Å². The average molecular weight is 502 g/mol. The monoisotopic (exact) mass is 502 g/mol. The summed E-state index contributed by atoms with van der Waals surface area (Å²) in [6, 6.07) is -4.43. The quantitative estimate of drug-likeness (QED) is 0.125. The predicted molar refractivity (Wildman–Crippen MR) is 113 cm³/mol. The lowest BCUT2D eigenvalue weighted by Crippen LogP contribution is -2.39. The van der Waals surface area contributed by atoms with E-state index in [1.807, 2.05) is 0 Å². The minimum absolute atomic E-state index is 0.0213. The van der Waals surface area contributed by atoms with Crippen LogP contribution in [0.1, 0.15) is 26.2 Å². The second kappa shape index (κ2) is 21.4. The smallest absolute Gasteiger partial charge is 0.323 e. The highest BCUT2D eigenvalue weighted by molar-refractivity contribution is 5.83. The van der Waals surface area contributed by atoms with Crippen molar-refractivity contribution in [2.75, 3.05) is 6.61 Å². The molecule has 0 radical (unpaired) electrons. The highest BCUT2D eigenvalue weighted by atomic mass is 16.4. The number of hydrogen-bond acceptors (Lipinski definition) is 12. The van der Waals surface area contributed by atoms with Crippen LogP contribution in [0.3, 0.4) is 0 Å². The molecule has 0 aliphatic carbocycles. The molecule has 0 aliphatic heterocycles. The molecule has 18 heteroatoms. The second-order valence-electron chi connectivity index (χ2n) is 6.30. The lowest BCUT2D eigenvalue weighted by molar-refractivity contribution is -0.141. The fraction of sp³-hybridized carbons (Fsp3) is 0.625. The van der Waals surface area contributed by atoms with Gasteiger partial charge in [0.05, 0.1) is 19.1 Å². The van der Waals surface area contributed by atoms with Crippen molar-refractivity contribution >= 4 is 35.7 Å². The molecule has 18 nitrogen and oxygen atoms in total. The molecule has 0 aliphatic rings. The van der Waals surface area contributed by atoms with Crippen LogP contribution in [0.2, 0.25) is 0 Å². The fourth-order valence-corrected chi connectivity index (χ4v) is 1.01. The molecule has 34 heavy (non-hydrogen) atoms. The van der Waals surface area contributed by atoms with Crippen molar-refractivity contribution in [3.8, 4) is 0 Å². The molecule has 0 rings (SSSR count). The molecule has 0 spiro atoms. The number of primary amides is 2. The van der Waals surface area contributed by atoms with Crippen LogP contribution in [0.25, 0.3) is 0 Å². The Balaban J connectivity index is -0.000000178. The number of aliphatic hydroxyl groups is 2. The van der Waals surface area contributed by atoms with E-state index in [4.69, 9.17) is 59.3 Å². The summed E-state index contributed by atoms with van der Waals surface area (Å²) in [5, 5.41) is 48.8. The van der Waals surface area contributed by atoms with Crippen LogP contribution in [0.5, 0.6) is 0 Å². The highest BCUT2D eigenvalue weighted by Crippen LogP contribution is 1.92. The average Bonchev–Trinajstić information content (AvgIpc) is 2.71. The van der Waals surface area contributed by atoms with Gasteiger partial charge in [-0.3, -0.25) is 28.8 Å². The molecule has 5 unspecified atom stereocenters. The molecule has 200 valence electrons. The third-order valence-electron chi connectivity index (χ3n) is 3.08. The fourth-order valence-electron chi connectivity index (χ4n) is 1.01. The molecule has 0 heterocycles. The van der Waals surface area contributed by atoms with Gasteiger partial charge in [-0.05, 0) is 13.3 Å². The Labute approximate surface area is 193 Å². The number of carboxylic acid groups (broad SMARTS) is 4. The normalized spacial score (nSPS) is 13.9. The number of carbonyl (C=O) groups excluding carboxylic acids is 2. The number of rotatable bonds is 11. The minimum atomic E-state index is -1.21. The summed E-state index contributed by atoms with van der Waals surface area (Å²) in [7, 11) is 0. The molecular weight excluding hydrogens is 468 g/mol. The van der Waals surface area contributed by atoms with Crippen molar-refractivity contribution in [3.63, 3.8) is 0 Å². The minimum Gasteiger partial charge on any atom is -0.480 e. The Morgan fingerprint density at radius 3 is 1.18 bits per heavy atom. The van der Waals surface area contributed by atoms with Crippen molar-refractivity contribution in [1.29, 1.82) is 0 Å². The second-order valence-corrected chi connectivity index (χ2v) is 6.30. The molecule has 2 amide bonds. The maximum atomic E-state index is 10.1. The van der Waals surface area contributed by atoms with Gasteiger partial charge in [0, 0.05) is 6.42 Å². The Morgan fingerprint density at radius 1 is 0.676 bits per heavy atom. The van der Waals surface area contributed by atoms with Crippen LogP contribution < -0.4 is 34.4 Å². The van der Waals surface area contributed by atoms with Crippen LogP contribution in [-0.4, -0.2) is 103 Å². The summed E-state index contributed by atoms with van der Waals surface area (Å²) in [5.41, 5.74) is 29.1. The molecule has 0 bridgehead atoms. The Bertz CT molecular complexity index is 660. The van der Waals surface area contributed by atoms with Gasteiger partial charge in [-0.15, -0.1) is 0 Å². The molecule has 5 atom stereocenters. The van der Waals surface area contributed by atoms with E-state index in [0.717, 1.165) is 0 Å². The summed E-state index contributed by atoms with van der Waals surface area (Å²) >= 11 is 0. The van der Waals surface area contributed by atoms with Crippen LogP contribution >= 0.6 is 0 Å². The highest BCUT2D eigenvalue weighted by Gasteiger charge is 2.16. The molecule has 0 saturated heterocycles. The Morgan fingerprint density at radius 2 is 1.06 bits per heavy atom. The summed E-state index contributed by atoms with van der Waals surface area (Å²) in [5.74, 6) is -5.92. The number of nitrogens with two attached hydrogens (primary N) is 6. The van der Waals surface area contributed by atoms with E-state index in [9.17, 15) is 28.8 Å². The standard InChI is InChI=1S/C5H10N2O3.C4H8N2O3.C4H9NO3.C3H7NO3/c6-3(5(9)10)1-2-4(7)8;5-2(4(8)9)1-3(6)7;1-2(6)3(5)4(7)8;4-2(1-5)3(6)7/h3H,1-2,6H2,(H2,7,8)(H,9,10);2H,1,5H2,(H2,6,7)(H,8,9);2-3,6H,5H2,1H3,(H,7,8);2,5H,1,4H2,(H,6,7). The number of aliphatic hydroxyl groups excluding tert-OH is 2. The first-order chi connectivity index (χ1) is 15.3. The Hall–Kier alpha value is -3.42. The van der Waals surface area contributed by atoms with E-state index < -0.39 is 72.6 Å². The number of amides is 2. The van der Waals surface area contributed by atoms with Crippen LogP contribution in [-0.2, 0) is 28.8 Å². The summed E-state index contributed by atoms with van der Waals surface area (Å²) < 4.78 is 0. The molecule has 18 N–H and O–H groups in total. The maximum absolute atomic E-state index is 10.1. The number of carbonyl (C=O) groups is 6. The van der Waals surface area contributed by atoms with E-state index in [-0.39, 0.29) is 19.3 Å². The zero-order chi connectivity index (χ0) is 28.2. The van der Waals surface area contributed by atoms with Crippen molar-refractivity contribution in [3.05, 3.63) is 0 Å². The first kappa shape index (κ1) is 37.9. The van der Waals surface area contributed by atoms with Crippen molar-refractivity contribution in [2.45, 2.75) is 56.5 Å². The van der Waals surface area contributed by atoms with Gasteiger partial charge < -0.3 is 65.0 Å². The topological polar surface area (TPSA) is 380 Å². The first-order valence-electron chi connectivity index (χ1n) is 9.10. The maximum Gasteiger partial charge on any atom is 0.323 e.